The summed E-state index contributed by atoms with van der Waals surface area (Å²) in [5.41, 5.74) is 0. The van der Waals surface area contributed by atoms with Crippen LogP contribution < -0.4 is 9.47 Å². The van der Waals surface area contributed by atoms with Crippen molar-refractivity contribution in [1.82, 2.24) is 0 Å². The number of aliphatic hydroxyl groups is 1. The Balaban J connectivity index is 1.84. The largest absolute Gasteiger partial charge is 0.478 e. The summed E-state index contributed by atoms with van der Waals surface area (Å²) in [4.78, 5) is 1.73. The molecule has 0 fully saturated rings. The molecule has 0 aliphatic carbocycles. The second kappa shape index (κ2) is 5.73. The minimum atomic E-state index is -4.63. The first-order valence-electron chi connectivity index (χ1n) is 6.40. The van der Waals surface area contributed by atoms with E-state index in [1.54, 1.807) is 12.1 Å². The number of aliphatic hydroxyl groups excluding tert-OH is 1. The fourth-order valence-electron chi connectivity index (χ4n) is 1.95. The van der Waals surface area contributed by atoms with E-state index in [0.29, 0.717) is 11.5 Å². The van der Waals surface area contributed by atoms with Gasteiger partial charge in [0.1, 0.15) is 17.2 Å². The van der Waals surface area contributed by atoms with Crippen molar-refractivity contribution in [3.63, 3.8) is 0 Å². The molecule has 0 saturated heterocycles. The lowest BCUT2D eigenvalue weighted by Gasteiger charge is -2.22. The average molecular weight is 328 g/mol. The van der Waals surface area contributed by atoms with Crippen LogP contribution in [0, 0.1) is 0 Å². The van der Waals surface area contributed by atoms with Crippen LogP contribution in [0.25, 0.3) is 0 Å². The number of hydrogen-bond donors (Lipinski definition) is 1. The molecule has 22 heavy (non-hydrogen) atoms. The molecule has 0 amide bonds. The number of para-hydroxylation sites is 1. The van der Waals surface area contributed by atoms with Crippen LogP contribution in [0.1, 0.15) is 0 Å². The van der Waals surface area contributed by atoms with Crippen molar-refractivity contribution in [3.8, 4) is 17.2 Å². The average Bonchev–Trinajstić information content (AvgIpc) is 2.49. The molecule has 1 N–H and O–H groups in total. The molecule has 0 bridgehead atoms. The molecular weight excluding hydrogens is 317 g/mol. The summed E-state index contributed by atoms with van der Waals surface area (Å²) >= 11 is 1.47. The van der Waals surface area contributed by atoms with Gasteiger partial charge in [-0.25, -0.2) is 0 Å². The maximum atomic E-state index is 12.6. The molecule has 2 aromatic rings. The summed E-state index contributed by atoms with van der Waals surface area (Å²) in [6.07, 6.45) is -6.89. The molecule has 3 rings (SSSR count). The highest BCUT2D eigenvalue weighted by atomic mass is 32.2. The van der Waals surface area contributed by atoms with Crippen LogP contribution in [-0.2, 0) is 0 Å². The van der Waals surface area contributed by atoms with E-state index in [1.165, 1.54) is 23.9 Å². The molecule has 0 spiro atoms. The monoisotopic (exact) mass is 328 g/mol. The zero-order valence-electron chi connectivity index (χ0n) is 11.1. The van der Waals surface area contributed by atoms with Gasteiger partial charge in [0.25, 0.3) is 0 Å². The standard InChI is InChI=1S/C15H11F3O3S/c16-15(17,18)14(8-19)20-9-5-6-13-11(7-9)21-10-3-1-2-4-12(10)22-13/h1-7,14,19H,8H2. The first kappa shape index (κ1) is 15.1. The van der Waals surface area contributed by atoms with E-state index in [2.05, 4.69) is 0 Å². The zero-order chi connectivity index (χ0) is 15.7. The van der Waals surface area contributed by atoms with Gasteiger partial charge in [-0.15, -0.1) is 0 Å². The van der Waals surface area contributed by atoms with E-state index in [-0.39, 0.29) is 5.75 Å². The molecule has 1 aliphatic rings. The normalized spacial score (nSPS) is 14.5. The maximum absolute atomic E-state index is 12.6. The number of fused-ring (bicyclic) bond motifs is 2. The van der Waals surface area contributed by atoms with Crippen molar-refractivity contribution >= 4 is 11.8 Å². The molecular formula is C15H11F3O3S. The van der Waals surface area contributed by atoms with Gasteiger partial charge in [-0.05, 0) is 24.3 Å². The van der Waals surface area contributed by atoms with Crippen LogP contribution in [0.2, 0.25) is 0 Å². The first-order valence-corrected chi connectivity index (χ1v) is 7.22. The van der Waals surface area contributed by atoms with Crippen molar-refractivity contribution in [2.24, 2.45) is 0 Å². The number of hydrogen-bond acceptors (Lipinski definition) is 4. The molecule has 2 aromatic carbocycles. The lowest BCUT2D eigenvalue weighted by molar-refractivity contribution is -0.204. The Morgan fingerprint density at radius 3 is 2.55 bits per heavy atom. The highest BCUT2D eigenvalue weighted by Gasteiger charge is 2.41. The zero-order valence-corrected chi connectivity index (χ0v) is 11.9. The molecule has 3 nitrogen and oxygen atoms in total. The SMILES string of the molecule is OCC(Oc1ccc2c(c1)Oc1ccccc1S2)C(F)(F)F. The Hall–Kier alpha value is -1.86. The fraction of sp³-hybridized carbons (Fsp3) is 0.200. The molecule has 1 atom stereocenters. The Morgan fingerprint density at radius 1 is 1.09 bits per heavy atom. The van der Waals surface area contributed by atoms with Gasteiger partial charge in [0.2, 0.25) is 6.10 Å². The third kappa shape index (κ3) is 3.00. The predicted octanol–water partition coefficient (Wildman–Crippen LogP) is 4.25. The van der Waals surface area contributed by atoms with Crippen LogP contribution >= 0.6 is 11.8 Å². The molecule has 1 heterocycles. The summed E-state index contributed by atoms with van der Waals surface area (Å²) in [6.45, 7) is -1.14. The van der Waals surface area contributed by atoms with Gasteiger partial charge < -0.3 is 14.6 Å². The summed E-state index contributed by atoms with van der Waals surface area (Å²) in [5, 5.41) is 8.81. The Kier molecular flexibility index (Phi) is 3.92. The Bertz CT molecular complexity index is 688. The van der Waals surface area contributed by atoms with E-state index in [0.717, 1.165) is 9.79 Å². The van der Waals surface area contributed by atoms with Crippen LogP contribution in [0.5, 0.6) is 17.2 Å². The van der Waals surface area contributed by atoms with Crippen molar-refractivity contribution < 1.29 is 27.8 Å². The maximum Gasteiger partial charge on any atom is 0.427 e. The molecule has 0 radical (unpaired) electrons. The van der Waals surface area contributed by atoms with Gasteiger partial charge in [-0.2, -0.15) is 13.2 Å². The fourth-order valence-corrected chi connectivity index (χ4v) is 2.88. The van der Waals surface area contributed by atoms with E-state index in [4.69, 9.17) is 14.6 Å². The Morgan fingerprint density at radius 2 is 1.82 bits per heavy atom. The minimum Gasteiger partial charge on any atom is -0.478 e. The number of halogens is 3. The lowest BCUT2D eigenvalue weighted by atomic mass is 10.3. The summed E-state index contributed by atoms with van der Waals surface area (Å²) in [5.74, 6) is 1.07. The van der Waals surface area contributed by atoms with Crippen molar-refractivity contribution in [2.75, 3.05) is 6.61 Å². The highest BCUT2D eigenvalue weighted by Crippen LogP contribution is 2.47. The number of alkyl halides is 3. The van der Waals surface area contributed by atoms with Gasteiger partial charge in [0, 0.05) is 6.07 Å². The molecule has 7 heteroatoms. The van der Waals surface area contributed by atoms with Crippen LogP contribution in [-0.4, -0.2) is 24.0 Å². The van der Waals surface area contributed by atoms with Gasteiger partial charge in [0.15, 0.2) is 0 Å². The van der Waals surface area contributed by atoms with Crippen molar-refractivity contribution in [1.29, 1.82) is 0 Å². The second-order valence-electron chi connectivity index (χ2n) is 4.59. The molecule has 1 aliphatic heterocycles. The summed E-state index contributed by atoms with van der Waals surface area (Å²) in [6, 6.07) is 11.8. The molecule has 1 unspecified atom stereocenters. The predicted molar refractivity (Wildman–Crippen MR) is 74.6 cm³/mol. The van der Waals surface area contributed by atoms with Gasteiger partial charge in [-0.3, -0.25) is 0 Å². The Labute approximate surface area is 128 Å². The second-order valence-corrected chi connectivity index (χ2v) is 5.67. The summed E-state index contributed by atoms with van der Waals surface area (Å²) < 4.78 is 48.4. The third-order valence-corrected chi connectivity index (χ3v) is 4.13. The number of rotatable bonds is 3. The van der Waals surface area contributed by atoms with Crippen molar-refractivity contribution in [2.45, 2.75) is 22.1 Å². The quantitative estimate of drug-likeness (QED) is 0.780. The minimum absolute atomic E-state index is 0.00453. The van der Waals surface area contributed by atoms with Crippen molar-refractivity contribution in [3.05, 3.63) is 42.5 Å². The molecule has 0 aromatic heterocycles. The number of ether oxygens (including phenoxy) is 2. The lowest BCUT2D eigenvalue weighted by Crippen LogP contribution is -2.37. The number of benzene rings is 2. The van der Waals surface area contributed by atoms with Gasteiger partial charge in [0.05, 0.1) is 16.4 Å². The van der Waals surface area contributed by atoms with E-state index in [9.17, 15) is 13.2 Å². The van der Waals surface area contributed by atoms with Gasteiger partial charge >= 0.3 is 6.18 Å². The third-order valence-electron chi connectivity index (χ3n) is 3.01. The summed E-state index contributed by atoms with van der Waals surface area (Å²) in [7, 11) is 0. The van der Waals surface area contributed by atoms with Crippen LogP contribution in [0.15, 0.2) is 52.3 Å². The van der Waals surface area contributed by atoms with E-state index >= 15 is 0 Å². The first-order chi connectivity index (χ1) is 10.5. The van der Waals surface area contributed by atoms with Crippen LogP contribution in [0.4, 0.5) is 13.2 Å². The highest BCUT2D eigenvalue weighted by molar-refractivity contribution is 7.99. The molecule has 116 valence electrons. The smallest absolute Gasteiger partial charge is 0.427 e. The van der Waals surface area contributed by atoms with E-state index < -0.39 is 18.9 Å². The topological polar surface area (TPSA) is 38.7 Å². The van der Waals surface area contributed by atoms with Gasteiger partial charge in [-0.1, -0.05) is 23.9 Å². The molecule has 0 saturated carbocycles. The van der Waals surface area contributed by atoms with Crippen LogP contribution in [0.3, 0.4) is 0 Å². The van der Waals surface area contributed by atoms with E-state index in [1.807, 2.05) is 18.2 Å².